The average Bonchev–Trinajstić information content (AvgIpc) is 2.69. The van der Waals surface area contributed by atoms with Crippen LogP contribution in [0.3, 0.4) is 0 Å². The van der Waals surface area contributed by atoms with Crippen LogP contribution in [0.5, 0.6) is 0 Å². The molecule has 0 spiro atoms. The van der Waals surface area contributed by atoms with E-state index in [4.69, 9.17) is 11.6 Å². The van der Waals surface area contributed by atoms with E-state index in [0.717, 1.165) is 30.7 Å². The molecule has 0 amide bonds. The molecule has 20 heavy (non-hydrogen) atoms. The van der Waals surface area contributed by atoms with Crippen LogP contribution in [0, 0.1) is 0 Å². The Morgan fingerprint density at radius 2 is 1.95 bits per heavy atom. The number of nitrogens with one attached hydrogen (secondary N) is 1. The summed E-state index contributed by atoms with van der Waals surface area (Å²) in [6, 6.07) is 8.33. The standard InChI is InChI=1S/C14H13Br3ClNS/c1-2-3-19-13(12-7-11(16)14(17)20-12)8-4-9(15)6-10(18)5-8/h4-7,13,19H,2-3H2,1H3. The van der Waals surface area contributed by atoms with Crippen LogP contribution in [0.1, 0.15) is 29.8 Å². The van der Waals surface area contributed by atoms with E-state index in [1.807, 2.05) is 12.1 Å². The van der Waals surface area contributed by atoms with Gasteiger partial charge in [0, 0.05) is 18.8 Å². The lowest BCUT2D eigenvalue weighted by molar-refractivity contribution is 0.605. The summed E-state index contributed by atoms with van der Waals surface area (Å²) in [6.45, 7) is 3.13. The van der Waals surface area contributed by atoms with Crippen LogP contribution in [0.15, 0.2) is 37.0 Å². The van der Waals surface area contributed by atoms with Crippen LogP contribution in [-0.2, 0) is 0 Å². The fourth-order valence-corrected chi connectivity index (χ4v) is 5.00. The first-order valence-corrected chi connectivity index (χ1v) is 9.72. The lowest BCUT2D eigenvalue weighted by Crippen LogP contribution is -2.22. The van der Waals surface area contributed by atoms with Gasteiger partial charge >= 0.3 is 0 Å². The van der Waals surface area contributed by atoms with Crippen molar-refractivity contribution >= 4 is 70.7 Å². The van der Waals surface area contributed by atoms with Crippen molar-refractivity contribution in [1.29, 1.82) is 0 Å². The van der Waals surface area contributed by atoms with Crippen LogP contribution < -0.4 is 5.32 Å². The lowest BCUT2D eigenvalue weighted by atomic mass is 10.1. The number of halogens is 4. The van der Waals surface area contributed by atoms with Crippen LogP contribution >= 0.6 is 70.7 Å². The van der Waals surface area contributed by atoms with E-state index >= 15 is 0 Å². The molecule has 1 nitrogen and oxygen atoms in total. The van der Waals surface area contributed by atoms with Gasteiger partial charge in [0.05, 0.1) is 9.83 Å². The van der Waals surface area contributed by atoms with Gasteiger partial charge in [0.2, 0.25) is 0 Å². The summed E-state index contributed by atoms with van der Waals surface area (Å²) in [6.07, 6.45) is 1.09. The maximum Gasteiger partial charge on any atom is 0.0843 e. The second-order valence-corrected chi connectivity index (χ2v) is 8.97. The summed E-state index contributed by atoms with van der Waals surface area (Å²) in [5.74, 6) is 0. The van der Waals surface area contributed by atoms with Crippen LogP contribution in [0.2, 0.25) is 5.02 Å². The summed E-state index contributed by atoms with van der Waals surface area (Å²) >= 11 is 18.5. The van der Waals surface area contributed by atoms with E-state index in [2.05, 4.69) is 72.2 Å². The lowest BCUT2D eigenvalue weighted by Gasteiger charge is -2.18. The number of thiophene rings is 1. The normalized spacial score (nSPS) is 12.7. The van der Waals surface area contributed by atoms with Crippen LogP contribution in [0.25, 0.3) is 0 Å². The fourth-order valence-electron chi connectivity index (χ4n) is 1.92. The minimum Gasteiger partial charge on any atom is -0.306 e. The SMILES string of the molecule is CCCNC(c1cc(Cl)cc(Br)c1)c1cc(Br)c(Br)s1. The number of benzene rings is 1. The minimum atomic E-state index is 0.151. The third kappa shape index (κ3) is 4.31. The zero-order valence-corrected chi connectivity index (χ0v) is 17.1. The molecule has 0 fully saturated rings. The van der Waals surface area contributed by atoms with Gasteiger partial charge in [-0.3, -0.25) is 0 Å². The third-order valence-corrected chi connectivity index (χ3v) is 6.76. The predicted molar refractivity (Wildman–Crippen MR) is 99.0 cm³/mol. The van der Waals surface area contributed by atoms with Gasteiger partial charge in [-0.05, 0) is 74.7 Å². The van der Waals surface area contributed by atoms with Crippen molar-refractivity contribution in [3.05, 3.63) is 52.5 Å². The second-order valence-electron chi connectivity index (χ2n) is 4.36. The van der Waals surface area contributed by atoms with Crippen molar-refractivity contribution < 1.29 is 0 Å². The van der Waals surface area contributed by atoms with Crippen LogP contribution in [-0.4, -0.2) is 6.54 Å². The zero-order valence-electron chi connectivity index (χ0n) is 10.7. The Labute approximate surface area is 153 Å². The third-order valence-electron chi connectivity index (χ3n) is 2.77. The number of hydrogen-bond donors (Lipinski definition) is 1. The number of rotatable bonds is 5. The molecule has 6 heteroatoms. The summed E-state index contributed by atoms with van der Waals surface area (Å²) in [7, 11) is 0. The van der Waals surface area contributed by atoms with Crippen molar-refractivity contribution in [2.24, 2.45) is 0 Å². The van der Waals surface area contributed by atoms with Gasteiger partial charge in [-0.1, -0.05) is 34.5 Å². The molecule has 1 unspecified atom stereocenters. The first kappa shape index (κ1) is 17.0. The fraction of sp³-hybridized carbons (Fsp3) is 0.286. The summed E-state index contributed by atoms with van der Waals surface area (Å²) < 4.78 is 3.19. The molecule has 0 bridgehead atoms. The second kappa shape index (κ2) is 7.75. The quantitative estimate of drug-likeness (QED) is 0.476. The van der Waals surface area contributed by atoms with Crippen molar-refractivity contribution in [1.82, 2.24) is 5.32 Å². The van der Waals surface area contributed by atoms with Gasteiger partial charge in [-0.2, -0.15) is 0 Å². The first-order valence-electron chi connectivity index (χ1n) is 6.15. The maximum atomic E-state index is 6.18. The molecule has 0 aliphatic heterocycles. The highest BCUT2D eigenvalue weighted by Crippen LogP contribution is 2.38. The Kier molecular flexibility index (Phi) is 6.57. The van der Waals surface area contributed by atoms with Gasteiger partial charge in [0.25, 0.3) is 0 Å². The Balaban J connectivity index is 2.40. The molecule has 1 heterocycles. The molecule has 108 valence electrons. The monoisotopic (exact) mass is 499 g/mol. The van der Waals surface area contributed by atoms with Crippen molar-refractivity contribution in [3.8, 4) is 0 Å². The zero-order chi connectivity index (χ0) is 14.7. The van der Waals surface area contributed by atoms with Crippen molar-refractivity contribution in [3.63, 3.8) is 0 Å². The highest BCUT2D eigenvalue weighted by Gasteiger charge is 2.18. The first-order chi connectivity index (χ1) is 9.51. The molecule has 0 aliphatic rings. The van der Waals surface area contributed by atoms with E-state index in [1.54, 1.807) is 11.3 Å². The predicted octanol–water partition coefficient (Wildman–Crippen LogP) is 6.78. The van der Waals surface area contributed by atoms with E-state index in [1.165, 1.54) is 10.4 Å². The van der Waals surface area contributed by atoms with E-state index < -0.39 is 0 Å². The topological polar surface area (TPSA) is 12.0 Å². The van der Waals surface area contributed by atoms with Gasteiger partial charge in [-0.25, -0.2) is 0 Å². The van der Waals surface area contributed by atoms with Crippen molar-refractivity contribution in [2.75, 3.05) is 6.54 Å². The molecule has 2 aromatic rings. The van der Waals surface area contributed by atoms with Crippen molar-refractivity contribution in [2.45, 2.75) is 19.4 Å². The molecule has 1 aromatic carbocycles. The van der Waals surface area contributed by atoms with E-state index in [9.17, 15) is 0 Å². The maximum absolute atomic E-state index is 6.18. The minimum absolute atomic E-state index is 0.151. The Morgan fingerprint density at radius 3 is 2.50 bits per heavy atom. The van der Waals surface area contributed by atoms with Gasteiger partial charge in [0.15, 0.2) is 0 Å². The molecule has 0 saturated carbocycles. The summed E-state index contributed by atoms with van der Waals surface area (Å²) in [5, 5.41) is 4.33. The molecule has 2 rings (SSSR count). The Bertz CT molecular complexity index is 560. The van der Waals surface area contributed by atoms with E-state index in [0.29, 0.717) is 0 Å². The van der Waals surface area contributed by atoms with Gasteiger partial charge in [0.1, 0.15) is 0 Å². The molecule has 1 aromatic heterocycles. The molecule has 1 atom stereocenters. The summed E-state index contributed by atoms with van der Waals surface area (Å²) in [4.78, 5) is 1.26. The average molecular weight is 502 g/mol. The number of hydrogen-bond acceptors (Lipinski definition) is 2. The largest absolute Gasteiger partial charge is 0.306 e. The molecular formula is C14H13Br3ClNS. The van der Waals surface area contributed by atoms with E-state index in [-0.39, 0.29) is 6.04 Å². The smallest absolute Gasteiger partial charge is 0.0843 e. The Morgan fingerprint density at radius 1 is 1.20 bits per heavy atom. The van der Waals surface area contributed by atoms with Gasteiger partial charge in [-0.15, -0.1) is 11.3 Å². The highest BCUT2D eigenvalue weighted by molar-refractivity contribution is 9.13. The molecule has 0 radical (unpaired) electrons. The molecule has 0 aliphatic carbocycles. The summed E-state index contributed by atoms with van der Waals surface area (Å²) in [5.41, 5.74) is 1.17. The Hall–Kier alpha value is 0.610. The molecular weight excluding hydrogens is 489 g/mol. The molecule has 1 N–H and O–H groups in total. The van der Waals surface area contributed by atoms with Crippen LogP contribution in [0.4, 0.5) is 0 Å². The van der Waals surface area contributed by atoms with Gasteiger partial charge < -0.3 is 5.32 Å². The highest BCUT2D eigenvalue weighted by atomic mass is 79.9. The molecule has 0 saturated heterocycles.